The number of fused-ring (bicyclic) bond motifs is 2. The van der Waals surface area contributed by atoms with E-state index in [1.165, 1.54) is 22.4 Å². The second-order valence-electron chi connectivity index (χ2n) is 9.40. The van der Waals surface area contributed by atoms with Gasteiger partial charge in [0.05, 0.1) is 5.71 Å². The maximum atomic E-state index is 12.9. The molecule has 2 aromatic rings. The van der Waals surface area contributed by atoms with Crippen LogP contribution in [0, 0.1) is 0 Å². The zero-order valence-electron chi connectivity index (χ0n) is 17.9. The van der Waals surface area contributed by atoms with E-state index in [0.717, 1.165) is 45.3 Å². The molecule has 0 N–H and O–H groups in total. The highest BCUT2D eigenvalue weighted by molar-refractivity contribution is 7.91. The van der Waals surface area contributed by atoms with E-state index >= 15 is 0 Å². The summed E-state index contributed by atoms with van der Waals surface area (Å²) in [6.45, 7) is 9.13. The smallest absolute Gasteiger partial charge is 0.144 e. The minimum Gasteiger partial charge on any atom is -0.591 e. The molecule has 1 heterocycles. The number of piperidine rings is 1. The number of nitrogens with zero attached hydrogens (tertiary/aromatic N) is 2. The second kappa shape index (κ2) is 8.25. The summed E-state index contributed by atoms with van der Waals surface area (Å²) < 4.78 is 17.4. The number of likely N-dealkylation sites (tertiary alicyclic amines) is 1. The first-order valence-corrected chi connectivity index (χ1v) is 11.8. The zero-order valence-corrected chi connectivity index (χ0v) is 18.7. The van der Waals surface area contributed by atoms with E-state index < -0.39 is 11.4 Å². The fraction of sp³-hybridized carbons (Fsp3) is 0.480. The first-order valence-electron chi connectivity index (χ1n) is 10.7. The lowest BCUT2D eigenvalue weighted by Gasteiger charge is -2.45. The van der Waals surface area contributed by atoms with Crippen molar-refractivity contribution in [1.29, 1.82) is 0 Å². The third-order valence-corrected chi connectivity index (χ3v) is 7.83. The predicted octanol–water partition coefficient (Wildman–Crippen LogP) is 5.07. The third kappa shape index (κ3) is 4.30. The van der Waals surface area contributed by atoms with Crippen LogP contribution in [0.1, 0.15) is 56.7 Å². The van der Waals surface area contributed by atoms with Gasteiger partial charge in [-0.1, -0.05) is 59.0 Å². The molecule has 1 saturated heterocycles. The maximum absolute atomic E-state index is 12.9. The number of rotatable bonds is 3. The highest BCUT2D eigenvalue weighted by atomic mass is 32.2. The van der Waals surface area contributed by atoms with E-state index in [2.05, 4.69) is 59.5 Å². The van der Waals surface area contributed by atoms with Gasteiger partial charge in [0.15, 0.2) is 0 Å². The first-order chi connectivity index (χ1) is 13.9. The van der Waals surface area contributed by atoms with Crippen LogP contribution in [0.4, 0.5) is 0 Å². The average molecular weight is 409 g/mol. The Balaban J connectivity index is 1.62. The Labute approximate surface area is 178 Å². The van der Waals surface area contributed by atoms with Gasteiger partial charge in [-0.2, -0.15) is 0 Å². The minimum absolute atomic E-state index is 0.0526. The Hall–Kier alpha value is -1.62. The van der Waals surface area contributed by atoms with Gasteiger partial charge in [0.2, 0.25) is 0 Å². The molecule has 1 aliphatic heterocycles. The van der Waals surface area contributed by atoms with Crippen LogP contribution in [0.15, 0.2) is 59.0 Å². The molecule has 0 amide bonds. The quantitative estimate of drug-likeness (QED) is 0.665. The molecular formula is C25H32N2OS. The van der Waals surface area contributed by atoms with Crippen molar-refractivity contribution in [1.82, 2.24) is 4.90 Å². The molecule has 1 unspecified atom stereocenters. The van der Waals surface area contributed by atoms with Gasteiger partial charge in [0.1, 0.15) is 16.1 Å². The highest BCUT2D eigenvalue weighted by Crippen LogP contribution is 2.44. The van der Waals surface area contributed by atoms with Crippen LogP contribution in [0.25, 0.3) is 0 Å². The molecule has 29 heavy (non-hydrogen) atoms. The Morgan fingerprint density at radius 3 is 2.31 bits per heavy atom. The molecule has 2 aromatic carbocycles. The van der Waals surface area contributed by atoms with E-state index in [4.69, 9.17) is 4.40 Å². The third-order valence-electron chi connectivity index (χ3n) is 6.39. The molecule has 1 fully saturated rings. The Bertz CT molecular complexity index is 864. The molecular weight excluding hydrogens is 376 g/mol. The van der Waals surface area contributed by atoms with Crippen molar-refractivity contribution in [2.24, 2.45) is 4.40 Å². The monoisotopic (exact) mass is 408 g/mol. The molecule has 1 spiro atoms. The van der Waals surface area contributed by atoms with Crippen LogP contribution < -0.4 is 0 Å². The summed E-state index contributed by atoms with van der Waals surface area (Å²) in [7, 11) is 0. The molecule has 154 valence electrons. The van der Waals surface area contributed by atoms with Gasteiger partial charge >= 0.3 is 0 Å². The van der Waals surface area contributed by atoms with Gasteiger partial charge in [-0.15, -0.1) is 0 Å². The summed E-state index contributed by atoms with van der Waals surface area (Å²) in [5.41, 5.74) is 5.36. The Morgan fingerprint density at radius 1 is 0.966 bits per heavy atom. The van der Waals surface area contributed by atoms with Gasteiger partial charge in [-0.3, -0.25) is 4.90 Å². The molecule has 0 aromatic heterocycles. The van der Waals surface area contributed by atoms with Crippen molar-refractivity contribution in [3.8, 4) is 0 Å². The SMILES string of the molecule is CC(C)(C)[S+]([O-])/N=C1\CCc2ccccc2C12CCN(Cc1ccccc1)CC2. The van der Waals surface area contributed by atoms with Crippen LogP contribution in [-0.4, -0.2) is 33.0 Å². The fourth-order valence-corrected chi connectivity index (χ4v) is 5.46. The second-order valence-corrected chi connectivity index (χ2v) is 11.3. The standard InChI is InChI=1S/C25H32N2OS/c1-24(2,3)29(28)26-23-14-13-21-11-7-8-12-22(21)25(23)15-17-27(18-16-25)19-20-9-5-4-6-10-20/h4-12H,13-19H2,1-3H3/b26-23+. The highest BCUT2D eigenvalue weighted by Gasteiger charge is 2.45. The summed E-state index contributed by atoms with van der Waals surface area (Å²) in [6, 6.07) is 19.6. The molecule has 0 bridgehead atoms. The number of hydrogen-bond acceptors (Lipinski definition) is 3. The lowest BCUT2D eigenvalue weighted by atomic mass is 9.63. The van der Waals surface area contributed by atoms with Gasteiger partial charge in [-0.05, 0) is 76.2 Å². The average Bonchev–Trinajstić information content (AvgIpc) is 2.72. The van der Waals surface area contributed by atoms with E-state index in [0.29, 0.717) is 0 Å². The summed E-state index contributed by atoms with van der Waals surface area (Å²) in [6.07, 6.45) is 4.04. The van der Waals surface area contributed by atoms with Crippen LogP contribution >= 0.6 is 0 Å². The summed E-state index contributed by atoms with van der Waals surface area (Å²) in [5, 5.41) is 0. The number of hydrogen-bond donors (Lipinski definition) is 0. The Morgan fingerprint density at radius 2 is 1.62 bits per heavy atom. The van der Waals surface area contributed by atoms with Crippen LogP contribution in [0.5, 0.6) is 0 Å². The number of aryl methyl sites for hydroxylation is 1. The van der Waals surface area contributed by atoms with Crippen molar-refractivity contribution >= 4 is 17.1 Å². The van der Waals surface area contributed by atoms with E-state index in [-0.39, 0.29) is 10.2 Å². The van der Waals surface area contributed by atoms with Crippen molar-refractivity contribution in [3.63, 3.8) is 0 Å². The van der Waals surface area contributed by atoms with E-state index in [9.17, 15) is 4.55 Å². The molecule has 0 saturated carbocycles. The normalized spacial score (nSPS) is 21.9. The van der Waals surface area contributed by atoms with Crippen LogP contribution in [-0.2, 0) is 29.7 Å². The topological polar surface area (TPSA) is 38.7 Å². The Kier molecular flexibility index (Phi) is 5.87. The summed E-state index contributed by atoms with van der Waals surface area (Å²) in [5.74, 6) is 0. The zero-order chi connectivity index (χ0) is 20.5. The largest absolute Gasteiger partial charge is 0.591 e. The van der Waals surface area contributed by atoms with Gasteiger partial charge < -0.3 is 4.55 Å². The van der Waals surface area contributed by atoms with Crippen molar-refractivity contribution in [2.45, 2.75) is 63.2 Å². The fourth-order valence-electron chi connectivity index (χ4n) is 4.72. The molecule has 1 aliphatic carbocycles. The summed E-state index contributed by atoms with van der Waals surface area (Å²) >= 11 is -1.21. The molecule has 4 rings (SSSR count). The van der Waals surface area contributed by atoms with Crippen molar-refractivity contribution < 1.29 is 4.55 Å². The molecule has 1 atom stereocenters. The van der Waals surface area contributed by atoms with Crippen molar-refractivity contribution in [3.05, 3.63) is 71.3 Å². The first kappa shape index (κ1) is 20.6. The lowest BCUT2D eigenvalue weighted by molar-refractivity contribution is 0.181. The van der Waals surface area contributed by atoms with E-state index in [1.807, 2.05) is 20.8 Å². The number of benzene rings is 2. The van der Waals surface area contributed by atoms with Crippen molar-refractivity contribution in [2.75, 3.05) is 13.1 Å². The van der Waals surface area contributed by atoms with Gasteiger partial charge in [-0.25, -0.2) is 0 Å². The maximum Gasteiger partial charge on any atom is 0.144 e. The van der Waals surface area contributed by atoms with Crippen LogP contribution in [0.2, 0.25) is 0 Å². The summed E-state index contributed by atoms with van der Waals surface area (Å²) in [4.78, 5) is 2.55. The van der Waals surface area contributed by atoms with Crippen LogP contribution in [0.3, 0.4) is 0 Å². The van der Waals surface area contributed by atoms with E-state index in [1.54, 1.807) is 0 Å². The molecule has 0 radical (unpaired) electrons. The minimum atomic E-state index is -1.21. The van der Waals surface area contributed by atoms with Gasteiger partial charge in [0.25, 0.3) is 0 Å². The molecule has 2 aliphatic rings. The predicted molar refractivity (Wildman–Crippen MR) is 123 cm³/mol. The lowest BCUT2D eigenvalue weighted by Crippen LogP contribution is -2.49. The van der Waals surface area contributed by atoms with Gasteiger partial charge in [0, 0.05) is 12.0 Å². The molecule has 4 heteroatoms. The molecule has 3 nitrogen and oxygen atoms in total.